The fourth-order valence-electron chi connectivity index (χ4n) is 1.63. The maximum atomic E-state index is 10.4. The van der Waals surface area contributed by atoms with Crippen LogP contribution in [0.25, 0.3) is 10.2 Å². The number of hydrogen-bond acceptors (Lipinski definition) is 6. The Bertz CT molecular complexity index is 717. The van der Waals surface area contributed by atoms with Crippen LogP contribution in [0.3, 0.4) is 0 Å². The SMILES string of the molecule is O=S(=O)([O-])CCCOCn1c(=S)sc2ccccc21. The van der Waals surface area contributed by atoms with Gasteiger partial charge < -0.3 is 9.29 Å². The first-order valence-corrected chi connectivity index (χ1v) is 8.37. The molecule has 19 heavy (non-hydrogen) atoms. The molecule has 8 heteroatoms. The maximum Gasteiger partial charge on any atom is 0.164 e. The van der Waals surface area contributed by atoms with E-state index in [1.165, 1.54) is 11.3 Å². The van der Waals surface area contributed by atoms with Crippen molar-refractivity contribution in [1.29, 1.82) is 0 Å². The summed E-state index contributed by atoms with van der Waals surface area (Å²) >= 11 is 6.74. The highest BCUT2D eigenvalue weighted by Crippen LogP contribution is 2.22. The van der Waals surface area contributed by atoms with Crippen LogP contribution < -0.4 is 0 Å². The van der Waals surface area contributed by atoms with Crippen LogP contribution in [0.15, 0.2) is 24.3 Å². The van der Waals surface area contributed by atoms with Crippen LogP contribution in [-0.4, -0.2) is 29.9 Å². The first-order chi connectivity index (χ1) is 8.97. The minimum Gasteiger partial charge on any atom is -0.748 e. The van der Waals surface area contributed by atoms with Crippen molar-refractivity contribution in [3.63, 3.8) is 0 Å². The molecule has 1 heterocycles. The highest BCUT2D eigenvalue weighted by atomic mass is 32.2. The minimum absolute atomic E-state index is 0.196. The number of thiazole rings is 1. The van der Waals surface area contributed by atoms with Crippen LogP contribution in [0.5, 0.6) is 0 Å². The molecule has 0 unspecified atom stereocenters. The zero-order chi connectivity index (χ0) is 13.9. The second-order valence-electron chi connectivity index (χ2n) is 3.92. The summed E-state index contributed by atoms with van der Waals surface area (Å²) in [6.45, 7) is 0.481. The summed E-state index contributed by atoms with van der Waals surface area (Å²) in [6.07, 6.45) is 0.196. The lowest BCUT2D eigenvalue weighted by Crippen LogP contribution is -2.09. The van der Waals surface area contributed by atoms with E-state index in [-0.39, 0.29) is 19.8 Å². The molecule has 1 aromatic heterocycles. The summed E-state index contributed by atoms with van der Waals surface area (Å²) in [7, 11) is -4.16. The van der Waals surface area contributed by atoms with Crippen LogP contribution in [0.2, 0.25) is 0 Å². The molecule has 0 aliphatic rings. The van der Waals surface area contributed by atoms with Crippen LogP contribution in [-0.2, 0) is 21.6 Å². The van der Waals surface area contributed by atoms with Crippen molar-refractivity contribution in [2.45, 2.75) is 13.2 Å². The molecular formula is C11H12NO4S3-. The highest BCUT2D eigenvalue weighted by molar-refractivity contribution is 7.85. The number of fused-ring (bicyclic) bond motifs is 1. The number of aromatic nitrogens is 1. The Labute approximate surface area is 120 Å². The predicted octanol–water partition coefficient (Wildman–Crippen LogP) is 2.34. The minimum atomic E-state index is -4.16. The van der Waals surface area contributed by atoms with Crippen molar-refractivity contribution >= 4 is 43.9 Å². The summed E-state index contributed by atoms with van der Waals surface area (Å²) in [5.74, 6) is -0.400. The van der Waals surface area contributed by atoms with Crippen molar-refractivity contribution < 1.29 is 17.7 Å². The number of para-hydroxylation sites is 1. The Balaban J connectivity index is 1.95. The smallest absolute Gasteiger partial charge is 0.164 e. The van der Waals surface area contributed by atoms with Gasteiger partial charge in [0.15, 0.2) is 3.95 Å². The molecule has 0 N–H and O–H groups in total. The molecule has 0 fully saturated rings. The summed E-state index contributed by atoms with van der Waals surface area (Å²) in [5, 5.41) is 0. The molecule has 0 spiro atoms. The molecule has 2 rings (SSSR count). The van der Waals surface area contributed by atoms with Crippen LogP contribution in [0, 0.1) is 3.95 Å². The van der Waals surface area contributed by atoms with Gasteiger partial charge in [0, 0.05) is 12.4 Å². The quantitative estimate of drug-likeness (QED) is 0.464. The lowest BCUT2D eigenvalue weighted by atomic mass is 10.3. The van der Waals surface area contributed by atoms with E-state index in [0.29, 0.717) is 3.95 Å². The van der Waals surface area contributed by atoms with Crippen LogP contribution >= 0.6 is 23.6 Å². The van der Waals surface area contributed by atoms with E-state index in [1.54, 1.807) is 0 Å². The number of benzene rings is 1. The molecule has 0 bridgehead atoms. The molecule has 104 valence electrons. The third kappa shape index (κ3) is 4.08. The summed E-state index contributed by atoms with van der Waals surface area (Å²) in [6, 6.07) is 7.80. The van der Waals surface area contributed by atoms with Gasteiger partial charge in [0.2, 0.25) is 0 Å². The second kappa shape index (κ2) is 6.10. The van der Waals surface area contributed by atoms with E-state index in [1.807, 2.05) is 28.8 Å². The predicted molar refractivity (Wildman–Crippen MR) is 75.8 cm³/mol. The largest absolute Gasteiger partial charge is 0.748 e. The summed E-state index contributed by atoms with van der Waals surface area (Å²) in [5.41, 5.74) is 0.994. The Morgan fingerprint density at radius 2 is 2.11 bits per heavy atom. The van der Waals surface area contributed by atoms with Gasteiger partial charge in [0.05, 0.1) is 20.3 Å². The van der Waals surface area contributed by atoms with E-state index in [4.69, 9.17) is 17.0 Å². The van der Waals surface area contributed by atoms with Crippen molar-refractivity contribution in [2.24, 2.45) is 0 Å². The molecule has 0 aliphatic heterocycles. The number of rotatable bonds is 6. The lowest BCUT2D eigenvalue weighted by Gasteiger charge is -2.08. The molecule has 0 saturated heterocycles. The van der Waals surface area contributed by atoms with Gasteiger partial charge in [-0.1, -0.05) is 12.1 Å². The summed E-state index contributed by atoms with van der Waals surface area (Å²) in [4.78, 5) is 0. The molecular weight excluding hydrogens is 306 g/mol. The maximum absolute atomic E-state index is 10.4. The van der Waals surface area contributed by atoms with Gasteiger partial charge in [-0.15, -0.1) is 11.3 Å². The molecule has 0 amide bonds. The van der Waals surface area contributed by atoms with Crippen LogP contribution in [0.4, 0.5) is 0 Å². The highest BCUT2D eigenvalue weighted by Gasteiger charge is 2.04. The average Bonchev–Trinajstić information content (AvgIpc) is 2.64. The Morgan fingerprint density at radius 1 is 1.37 bits per heavy atom. The zero-order valence-electron chi connectivity index (χ0n) is 9.94. The molecule has 1 aromatic carbocycles. The third-order valence-electron chi connectivity index (χ3n) is 2.48. The molecule has 5 nitrogen and oxygen atoms in total. The third-order valence-corrected chi connectivity index (χ3v) is 4.70. The number of hydrogen-bond donors (Lipinski definition) is 0. The molecule has 0 aliphatic carbocycles. The first-order valence-electron chi connectivity index (χ1n) is 5.57. The fraction of sp³-hybridized carbons (Fsp3) is 0.364. The van der Waals surface area contributed by atoms with Crippen molar-refractivity contribution in [3.05, 3.63) is 28.2 Å². The first kappa shape index (κ1) is 14.6. The normalized spacial score (nSPS) is 12.1. The Morgan fingerprint density at radius 3 is 2.84 bits per heavy atom. The number of ether oxygens (including phenoxy) is 1. The van der Waals surface area contributed by atoms with E-state index in [2.05, 4.69) is 0 Å². The van der Waals surface area contributed by atoms with Crippen molar-refractivity contribution in [2.75, 3.05) is 12.4 Å². The van der Waals surface area contributed by atoms with Gasteiger partial charge in [-0.25, -0.2) is 8.42 Å². The van der Waals surface area contributed by atoms with Crippen LogP contribution in [0.1, 0.15) is 6.42 Å². The van der Waals surface area contributed by atoms with Gasteiger partial charge in [-0.2, -0.15) is 0 Å². The van der Waals surface area contributed by atoms with Gasteiger partial charge in [-0.3, -0.25) is 4.57 Å². The van der Waals surface area contributed by atoms with Gasteiger partial charge in [0.25, 0.3) is 0 Å². The van der Waals surface area contributed by atoms with Gasteiger partial charge in [0.1, 0.15) is 6.73 Å². The topological polar surface area (TPSA) is 71.4 Å². The second-order valence-corrected chi connectivity index (χ2v) is 7.12. The van der Waals surface area contributed by atoms with Gasteiger partial charge >= 0.3 is 0 Å². The molecule has 0 radical (unpaired) electrons. The van der Waals surface area contributed by atoms with Crippen molar-refractivity contribution in [1.82, 2.24) is 4.57 Å². The molecule has 2 aromatic rings. The summed E-state index contributed by atoms with van der Waals surface area (Å²) < 4.78 is 40.3. The molecule has 0 saturated carbocycles. The van der Waals surface area contributed by atoms with Gasteiger partial charge in [-0.05, 0) is 30.8 Å². The monoisotopic (exact) mass is 318 g/mol. The van der Waals surface area contributed by atoms with E-state index < -0.39 is 15.9 Å². The standard InChI is InChI=1S/C11H13NO4S3/c13-19(14,15)7-3-6-16-8-12-9-4-1-2-5-10(9)18-11(12)17/h1-2,4-5H,3,6-8H2,(H,13,14,15)/p-1. The molecule has 0 atom stereocenters. The lowest BCUT2D eigenvalue weighted by molar-refractivity contribution is 0.0801. The Hall–Kier alpha value is -0.800. The fourth-order valence-corrected chi connectivity index (χ4v) is 3.40. The van der Waals surface area contributed by atoms with E-state index in [9.17, 15) is 13.0 Å². The van der Waals surface area contributed by atoms with Crippen molar-refractivity contribution in [3.8, 4) is 0 Å². The Kier molecular flexibility index (Phi) is 4.69. The number of nitrogens with zero attached hydrogens (tertiary/aromatic N) is 1. The average molecular weight is 318 g/mol. The van der Waals surface area contributed by atoms with E-state index >= 15 is 0 Å². The zero-order valence-corrected chi connectivity index (χ0v) is 12.4. The van der Waals surface area contributed by atoms with E-state index in [0.717, 1.165) is 10.2 Å².